The van der Waals surface area contributed by atoms with E-state index in [4.69, 9.17) is 4.74 Å². The SMILES string of the molecule is Cc1ccc(OCCNC(=O)N2CCN([C@@H]3CN4CCC3CC4)CC2)cc1C. The summed E-state index contributed by atoms with van der Waals surface area (Å²) in [6, 6.07) is 6.84. The van der Waals surface area contributed by atoms with Gasteiger partial charge < -0.3 is 19.9 Å². The summed E-state index contributed by atoms with van der Waals surface area (Å²) in [5.41, 5.74) is 2.49. The summed E-state index contributed by atoms with van der Waals surface area (Å²) in [5.74, 6) is 1.73. The third-order valence-corrected chi connectivity index (χ3v) is 6.82. The molecule has 2 amide bonds. The molecule has 6 nitrogen and oxygen atoms in total. The van der Waals surface area contributed by atoms with Crippen molar-refractivity contribution in [1.82, 2.24) is 20.0 Å². The van der Waals surface area contributed by atoms with Crippen molar-refractivity contribution in [3.8, 4) is 5.75 Å². The minimum Gasteiger partial charge on any atom is -0.492 e. The molecule has 4 saturated heterocycles. The van der Waals surface area contributed by atoms with Gasteiger partial charge in [-0.25, -0.2) is 4.79 Å². The number of carbonyl (C=O) groups is 1. The van der Waals surface area contributed by atoms with Crippen LogP contribution in [0, 0.1) is 19.8 Å². The molecule has 4 aliphatic heterocycles. The van der Waals surface area contributed by atoms with Crippen LogP contribution in [0.15, 0.2) is 18.2 Å². The lowest BCUT2D eigenvalue weighted by atomic mass is 9.83. The summed E-state index contributed by atoms with van der Waals surface area (Å²) < 4.78 is 5.76. The summed E-state index contributed by atoms with van der Waals surface area (Å²) in [7, 11) is 0. The Balaban J connectivity index is 1.16. The van der Waals surface area contributed by atoms with Gasteiger partial charge in [-0.2, -0.15) is 0 Å². The van der Waals surface area contributed by atoms with Gasteiger partial charge in [0.25, 0.3) is 0 Å². The van der Waals surface area contributed by atoms with E-state index in [1.165, 1.54) is 43.6 Å². The van der Waals surface area contributed by atoms with Gasteiger partial charge in [0.05, 0.1) is 6.54 Å². The monoisotopic (exact) mass is 386 g/mol. The zero-order chi connectivity index (χ0) is 19.5. The van der Waals surface area contributed by atoms with E-state index in [0.717, 1.165) is 37.8 Å². The van der Waals surface area contributed by atoms with E-state index in [-0.39, 0.29) is 6.03 Å². The first-order valence-electron chi connectivity index (χ1n) is 10.8. The van der Waals surface area contributed by atoms with Gasteiger partial charge in [-0.05, 0) is 69.0 Å². The molecule has 0 aliphatic carbocycles. The number of hydrogen-bond acceptors (Lipinski definition) is 4. The van der Waals surface area contributed by atoms with E-state index in [1.54, 1.807) is 0 Å². The molecule has 4 fully saturated rings. The molecule has 1 N–H and O–H groups in total. The van der Waals surface area contributed by atoms with Crippen molar-refractivity contribution >= 4 is 6.03 Å². The molecule has 4 heterocycles. The lowest BCUT2D eigenvalue weighted by Gasteiger charge is -2.50. The third-order valence-electron chi connectivity index (χ3n) is 6.82. The standard InChI is InChI=1S/C22H34N4O2/c1-17-3-4-20(15-18(17)2)28-14-7-23-22(27)26-12-10-25(11-13-26)21-16-24-8-5-19(21)6-9-24/h3-4,15,19,21H,5-14,16H2,1-2H3,(H,23,27)/t21-/m1/s1. The Morgan fingerprint density at radius 3 is 2.46 bits per heavy atom. The van der Waals surface area contributed by atoms with Crippen LogP contribution in [0.2, 0.25) is 0 Å². The Morgan fingerprint density at radius 1 is 1.07 bits per heavy atom. The molecule has 2 bridgehead atoms. The van der Waals surface area contributed by atoms with Gasteiger partial charge in [0.15, 0.2) is 0 Å². The van der Waals surface area contributed by atoms with Crippen LogP contribution in [0.25, 0.3) is 0 Å². The predicted octanol–water partition coefficient (Wildman–Crippen LogP) is 2.10. The number of urea groups is 1. The van der Waals surface area contributed by atoms with E-state index in [1.807, 2.05) is 17.0 Å². The van der Waals surface area contributed by atoms with Gasteiger partial charge in [0.2, 0.25) is 0 Å². The number of nitrogens with one attached hydrogen (secondary N) is 1. The quantitative estimate of drug-likeness (QED) is 0.788. The summed E-state index contributed by atoms with van der Waals surface area (Å²) in [5, 5.41) is 3.01. The van der Waals surface area contributed by atoms with Crippen LogP contribution >= 0.6 is 0 Å². The number of ether oxygens (including phenoxy) is 1. The number of hydrogen-bond donors (Lipinski definition) is 1. The molecular formula is C22H34N4O2. The topological polar surface area (TPSA) is 48.1 Å². The first-order chi connectivity index (χ1) is 13.6. The molecule has 1 aromatic carbocycles. The maximum Gasteiger partial charge on any atom is 0.317 e. The second-order valence-corrected chi connectivity index (χ2v) is 8.55. The predicted molar refractivity (Wildman–Crippen MR) is 111 cm³/mol. The van der Waals surface area contributed by atoms with Crippen LogP contribution in [-0.2, 0) is 0 Å². The van der Waals surface area contributed by atoms with Gasteiger partial charge in [-0.15, -0.1) is 0 Å². The minimum absolute atomic E-state index is 0.0391. The number of carbonyl (C=O) groups excluding carboxylic acids is 1. The number of piperidine rings is 3. The highest BCUT2D eigenvalue weighted by molar-refractivity contribution is 5.74. The highest BCUT2D eigenvalue weighted by Crippen LogP contribution is 2.31. The Morgan fingerprint density at radius 2 is 1.82 bits per heavy atom. The lowest BCUT2D eigenvalue weighted by Crippen LogP contribution is -2.62. The van der Waals surface area contributed by atoms with Crippen molar-refractivity contribution in [2.24, 2.45) is 5.92 Å². The molecule has 0 radical (unpaired) electrons. The molecule has 28 heavy (non-hydrogen) atoms. The Labute approximate surface area is 168 Å². The van der Waals surface area contributed by atoms with Crippen LogP contribution in [0.3, 0.4) is 0 Å². The van der Waals surface area contributed by atoms with E-state index in [2.05, 4.69) is 35.0 Å². The summed E-state index contributed by atoms with van der Waals surface area (Å²) in [6.07, 6.45) is 2.71. The zero-order valence-corrected chi connectivity index (χ0v) is 17.3. The molecular weight excluding hydrogens is 352 g/mol. The number of piperazine rings is 1. The van der Waals surface area contributed by atoms with E-state index in [9.17, 15) is 4.79 Å². The Kier molecular flexibility index (Phi) is 6.07. The second kappa shape index (κ2) is 8.70. The highest BCUT2D eigenvalue weighted by atomic mass is 16.5. The van der Waals surface area contributed by atoms with Gasteiger partial charge >= 0.3 is 6.03 Å². The van der Waals surface area contributed by atoms with Gasteiger partial charge in [0, 0.05) is 38.8 Å². The lowest BCUT2D eigenvalue weighted by molar-refractivity contribution is -0.0103. The van der Waals surface area contributed by atoms with Crippen molar-refractivity contribution in [3.05, 3.63) is 29.3 Å². The van der Waals surface area contributed by atoms with Crippen LogP contribution in [0.4, 0.5) is 4.79 Å². The van der Waals surface area contributed by atoms with Crippen LogP contribution in [-0.4, -0.2) is 85.7 Å². The van der Waals surface area contributed by atoms with Crippen LogP contribution < -0.4 is 10.1 Å². The molecule has 6 heteroatoms. The van der Waals surface area contributed by atoms with E-state index >= 15 is 0 Å². The molecule has 5 rings (SSSR count). The van der Waals surface area contributed by atoms with E-state index < -0.39 is 0 Å². The fourth-order valence-corrected chi connectivity index (χ4v) is 4.85. The van der Waals surface area contributed by atoms with Crippen molar-refractivity contribution in [2.45, 2.75) is 32.7 Å². The smallest absolute Gasteiger partial charge is 0.317 e. The number of nitrogens with zero attached hydrogens (tertiary/aromatic N) is 3. The molecule has 1 aromatic rings. The molecule has 4 aliphatic rings. The fraction of sp³-hybridized carbons (Fsp3) is 0.682. The number of fused-ring (bicyclic) bond motifs is 3. The highest BCUT2D eigenvalue weighted by Gasteiger charge is 2.38. The van der Waals surface area contributed by atoms with E-state index in [0.29, 0.717) is 19.2 Å². The van der Waals surface area contributed by atoms with Crippen LogP contribution in [0.5, 0.6) is 5.75 Å². The van der Waals surface area contributed by atoms with Crippen LogP contribution in [0.1, 0.15) is 24.0 Å². The fourth-order valence-electron chi connectivity index (χ4n) is 4.85. The van der Waals surface area contributed by atoms with Gasteiger partial charge in [-0.3, -0.25) is 4.90 Å². The zero-order valence-electron chi connectivity index (χ0n) is 17.3. The van der Waals surface area contributed by atoms with Crippen molar-refractivity contribution < 1.29 is 9.53 Å². The Bertz CT molecular complexity index is 679. The number of benzene rings is 1. The van der Waals surface area contributed by atoms with Crippen molar-refractivity contribution in [1.29, 1.82) is 0 Å². The molecule has 0 spiro atoms. The number of amides is 2. The van der Waals surface area contributed by atoms with Gasteiger partial charge in [-0.1, -0.05) is 6.07 Å². The first-order valence-corrected chi connectivity index (χ1v) is 10.8. The summed E-state index contributed by atoms with van der Waals surface area (Å²) >= 11 is 0. The Hall–Kier alpha value is -1.79. The summed E-state index contributed by atoms with van der Waals surface area (Å²) in [6.45, 7) is 12.7. The molecule has 0 saturated carbocycles. The average Bonchev–Trinajstić information content (AvgIpc) is 2.74. The van der Waals surface area contributed by atoms with Crippen molar-refractivity contribution in [2.75, 3.05) is 59.0 Å². The average molecular weight is 387 g/mol. The maximum absolute atomic E-state index is 12.5. The second-order valence-electron chi connectivity index (χ2n) is 8.55. The summed E-state index contributed by atoms with van der Waals surface area (Å²) in [4.78, 5) is 19.6. The normalized spacial score (nSPS) is 27.6. The first kappa shape index (κ1) is 19.5. The van der Waals surface area contributed by atoms with Gasteiger partial charge in [0.1, 0.15) is 12.4 Å². The minimum atomic E-state index is 0.0391. The van der Waals surface area contributed by atoms with Crippen molar-refractivity contribution in [3.63, 3.8) is 0 Å². The molecule has 0 unspecified atom stereocenters. The maximum atomic E-state index is 12.5. The molecule has 154 valence electrons. The molecule has 0 aromatic heterocycles. The molecule has 1 atom stereocenters. The largest absolute Gasteiger partial charge is 0.492 e. The number of aryl methyl sites for hydroxylation is 2. The number of rotatable bonds is 5. The third kappa shape index (κ3) is 4.44.